The van der Waals surface area contributed by atoms with E-state index in [9.17, 15) is 5.26 Å². The summed E-state index contributed by atoms with van der Waals surface area (Å²) < 4.78 is 2.25. The second kappa shape index (κ2) is 9.72. The highest BCUT2D eigenvalue weighted by atomic mass is 15.1. The van der Waals surface area contributed by atoms with Crippen LogP contribution in [-0.4, -0.2) is 14.5 Å². The predicted molar refractivity (Wildman–Crippen MR) is 187 cm³/mol. The van der Waals surface area contributed by atoms with Gasteiger partial charge in [-0.05, 0) is 57.8 Å². The van der Waals surface area contributed by atoms with Crippen LogP contribution < -0.4 is 0 Å². The predicted octanol–water partition coefficient (Wildman–Crippen LogP) is 10.2. The fourth-order valence-electron chi connectivity index (χ4n) is 7.26. The quantitative estimate of drug-likeness (QED) is 0.206. The zero-order valence-electron chi connectivity index (χ0n) is 25.5. The van der Waals surface area contributed by atoms with Crippen molar-refractivity contribution in [3.63, 3.8) is 0 Å². The molecule has 1 aliphatic carbocycles. The molecule has 9 rings (SSSR count). The first-order chi connectivity index (χ1) is 22.5. The summed E-state index contributed by atoms with van der Waals surface area (Å²) in [6.45, 7) is 4.49. The summed E-state index contributed by atoms with van der Waals surface area (Å²) in [5, 5.41) is 14.9. The number of aromatic nitrogens is 3. The smallest absolute Gasteiger partial charge is 0.164 e. The van der Waals surface area contributed by atoms with Crippen LogP contribution in [0.15, 0.2) is 133 Å². The minimum atomic E-state index is -0.393. The van der Waals surface area contributed by atoms with Crippen LogP contribution in [0.3, 0.4) is 0 Å². The topological polar surface area (TPSA) is 54.5 Å². The van der Waals surface area contributed by atoms with Crippen molar-refractivity contribution in [1.29, 1.82) is 5.26 Å². The number of nitrogens with zero attached hydrogens (tertiary/aromatic N) is 4. The van der Waals surface area contributed by atoms with E-state index < -0.39 is 5.41 Å². The molecule has 0 bridgehead atoms. The van der Waals surface area contributed by atoms with Gasteiger partial charge in [-0.2, -0.15) is 5.26 Å². The summed E-state index contributed by atoms with van der Waals surface area (Å²) in [6.07, 6.45) is 0. The van der Waals surface area contributed by atoms with Crippen molar-refractivity contribution in [2.24, 2.45) is 0 Å². The number of para-hydroxylation sites is 1. The van der Waals surface area contributed by atoms with Gasteiger partial charge in [0.2, 0.25) is 0 Å². The molecule has 216 valence electrons. The molecule has 4 heteroatoms. The third-order valence-electron chi connectivity index (χ3n) is 9.58. The normalized spacial score (nSPS) is 13.2. The van der Waals surface area contributed by atoms with Crippen LogP contribution >= 0.6 is 0 Å². The van der Waals surface area contributed by atoms with Crippen LogP contribution in [-0.2, 0) is 5.41 Å². The summed E-state index contributed by atoms with van der Waals surface area (Å²) >= 11 is 0. The van der Waals surface area contributed by atoms with E-state index in [1.807, 2.05) is 30.3 Å². The third kappa shape index (κ3) is 3.72. The van der Waals surface area contributed by atoms with Gasteiger partial charge in [0.05, 0.1) is 34.1 Å². The summed E-state index contributed by atoms with van der Waals surface area (Å²) in [7, 11) is 0. The molecule has 0 saturated heterocycles. The van der Waals surface area contributed by atoms with Crippen molar-refractivity contribution in [3.8, 4) is 45.5 Å². The SMILES string of the molecule is CC1(C)c2cc(-c3ccccc3)ccc2-c2nc(-c3ccccc3C#N)c(-n3c4ccccc4c4cc5ccccc5cc43)nc21. The van der Waals surface area contributed by atoms with Crippen molar-refractivity contribution in [3.05, 3.63) is 150 Å². The molecule has 0 radical (unpaired) electrons. The highest BCUT2D eigenvalue weighted by molar-refractivity contribution is 6.13. The molecule has 46 heavy (non-hydrogen) atoms. The highest BCUT2D eigenvalue weighted by Gasteiger charge is 2.40. The molecule has 0 unspecified atom stereocenters. The largest absolute Gasteiger partial charge is 0.292 e. The lowest BCUT2D eigenvalue weighted by molar-refractivity contribution is 0.633. The molecule has 4 nitrogen and oxygen atoms in total. The Bertz CT molecular complexity index is 2570. The van der Waals surface area contributed by atoms with Gasteiger partial charge in [-0.25, -0.2) is 9.97 Å². The standard InChI is InChI=1S/C42H28N4/c1-42(2)35-23-29(26-12-4-3-5-13-26)20-21-33(35)38-40(42)45-41(39(44-38)31-17-9-8-16-30(31)25-43)46-36-19-11-10-18-32(36)34-22-27-14-6-7-15-28(27)24-37(34)46/h3-24H,1-2H3. The van der Waals surface area contributed by atoms with Crippen molar-refractivity contribution in [2.75, 3.05) is 0 Å². The van der Waals surface area contributed by atoms with Gasteiger partial charge in [-0.15, -0.1) is 0 Å². The monoisotopic (exact) mass is 588 g/mol. The van der Waals surface area contributed by atoms with E-state index in [0.717, 1.165) is 55.5 Å². The first-order valence-electron chi connectivity index (χ1n) is 15.6. The highest BCUT2D eigenvalue weighted by Crippen LogP contribution is 2.50. The molecular weight excluding hydrogens is 560 g/mol. The van der Waals surface area contributed by atoms with Crippen LogP contribution in [0.2, 0.25) is 0 Å². The van der Waals surface area contributed by atoms with Gasteiger partial charge in [-0.1, -0.05) is 117 Å². The van der Waals surface area contributed by atoms with Gasteiger partial charge >= 0.3 is 0 Å². The maximum Gasteiger partial charge on any atom is 0.164 e. The number of rotatable bonds is 3. The van der Waals surface area contributed by atoms with E-state index in [0.29, 0.717) is 11.3 Å². The van der Waals surface area contributed by atoms with E-state index in [1.165, 1.54) is 22.1 Å². The van der Waals surface area contributed by atoms with Crippen molar-refractivity contribution in [1.82, 2.24) is 14.5 Å². The van der Waals surface area contributed by atoms with Crippen molar-refractivity contribution < 1.29 is 0 Å². The Hall–Kier alpha value is -6.05. The lowest BCUT2D eigenvalue weighted by Crippen LogP contribution is -2.19. The van der Waals surface area contributed by atoms with E-state index in [4.69, 9.17) is 9.97 Å². The van der Waals surface area contributed by atoms with Crippen LogP contribution in [0, 0.1) is 11.3 Å². The Morgan fingerprint density at radius 1 is 0.587 bits per heavy atom. The fraction of sp³-hybridized carbons (Fsp3) is 0.0714. The Labute approximate surface area is 266 Å². The summed E-state index contributed by atoms with van der Waals surface area (Å²) in [5.74, 6) is 0.729. The van der Waals surface area contributed by atoms with Crippen LogP contribution in [0.5, 0.6) is 0 Å². The molecule has 2 heterocycles. The number of benzene rings is 6. The molecule has 0 fully saturated rings. The van der Waals surface area contributed by atoms with Gasteiger partial charge in [0.15, 0.2) is 5.82 Å². The van der Waals surface area contributed by atoms with Crippen LogP contribution in [0.25, 0.3) is 72.0 Å². The molecular formula is C42H28N4. The zero-order chi connectivity index (χ0) is 31.0. The summed E-state index contributed by atoms with van der Waals surface area (Å²) in [5.41, 5.74) is 10.2. The Morgan fingerprint density at radius 2 is 1.30 bits per heavy atom. The van der Waals surface area contributed by atoms with Gasteiger partial charge < -0.3 is 0 Å². The Balaban J connectivity index is 1.39. The first-order valence-corrected chi connectivity index (χ1v) is 15.6. The van der Waals surface area contributed by atoms with E-state index >= 15 is 0 Å². The molecule has 6 aromatic carbocycles. The van der Waals surface area contributed by atoms with Gasteiger partial charge in [0.1, 0.15) is 5.69 Å². The second-order valence-corrected chi connectivity index (χ2v) is 12.6. The van der Waals surface area contributed by atoms with Gasteiger partial charge in [0, 0.05) is 27.3 Å². The molecule has 0 atom stereocenters. The van der Waals surface area contributed by atoms with Crippen molar-refractivity contribution in [2.45, 2.75) is 19.3 Å². The average molecular weight is 589 g/mol. The molecule has 0 aliphatic heterocycles. The minimum Gasteiger partial charge on any atom is -0.292 e. The number of hydrogen-bond donors (Lipinski definition) is 0. The van der Waals surface area contributed by atoms with Gasteiger partial charge in [0.25, 0.3) is 0 Å². The maximum absolute atomic E-state index is 10.2. The number of hydrogen-bond acceptors (Lipinski definition) is 3. The summed E-state index contributed by atoms with van der Waals surface area (Å²) in [6, 6.07) is 48.8. The minimum absolute atomic E-state index is 0.393. The Morgan fingerprint density at radius 3 is 2.13 bits per heavy atom. The average Bonchev–Trinajstić information content (AvgIpc) is 3.54. The number of nitriles is 1. The van der Waals surface area contributed by atoms with Crippen LogP contribution in [0.1, 0.15) is 30.7 Å². The maximum atomic E-state index is 10.2. The third-order valence-corrected chi connectivity index (χ3v) is 9.58. The van der Waals surface area contributed by atoms with E-state index in [2.05, 4.69) is 128 Å². The molecule has 0 saturated carbocycles. The lowest BCUT2D eigenvalue weighted by Gasteiger charge is -2.22. The molecule has 2 aromatic heterocycles. The number of fused-ring (bicyclic) bond motifs is 7. The van der Waals surface area contributed by atoms with E-state index in [1.54, 1.807) is 0 Å². The molecule has 0 N–H and O–H groups in total. The second-order valence-electron chi connectivity index (χ2n) is 12.6. The van der Waals surface area contributed by atoms with Crippen LogP contribution in [0.4, 0.5) is 0 Å². The molecule has 0 amide bonds. The first kappa shape index (κ1) is 26.4. The van der Waals surface area contributed by atoms with E-state index in [-0.39, 0.29) is 0 Å². The molecule has 8 aromatic rings. The fourth-order valence-corrected chi connectivity index (χ4v) is 7.26. The zero-order valence-corrected chi connectivity index (χ0v) is 25.5. The molecule has 0 spiro atoms. The van der Waals surface area contributed by atoms with Crippen molar-refractivity contribution >= 4 is 32.6 Å². The Kier molecular flexibility index (Phi) is 5.57. The lowest BCUT2D eigenvalue weighted by atomic mass is 9.84. The molecule has 1 aliphatic rings. The van der Waals surface area contributed by atoms with Gasteiger partial charge in [-0.3, -0.25) is 4.57 Å². The summed E-state index contributed by atoms with van der Waals surface area (Å²) in [4.78, 5) is 11.1.